The lowest BCUT2D eigenvalue weighted by Crippen LogP contribution is -2.38. The van der Waals surface area contributed by atoms with E-state index in [9.17, 15) is 4.79 Å². The van der Waals surface area contributed by atoms with Crippen molar-refractivity contribution >= 4 is 22.6 Å². The van der Waals surface area contributed by atoms with Crippen LogP contribution >= 0.6 is 11.5 Å². The van der Waals surface area contributed by atoms with Gasteiger partial charge in [-0.15, -0.1) is 0 Å². The Labute approximate surface area is 144 Å². The lowest BCUT2D eigenvalue weighted by Gasteiger charge is -2.31. The number of pyridine rings is 1. The van der Waals surface area contributed by atoms with Gasteiger partial charge in [0.1, 0.15) is 23.4 Å². The maximum Gasteiger partial charge on any atom is 0.267 e. The zero-order valence-corrected chi connectivity index (χ0v) is 14.0. The highest BCUT2D eigenvalue weighted by molar-refractivity contribution is 7.09. The average Bonchev–Trinajstić information content (AvgIpc) is 3.33. The third-order valence-electron chi connectivity index (χ3n) is 4.37. The third kappa shape index (κ3) is 3.33. The van der Waals surface area contributed by atoms with Crippen molar-refractivity contribution in [1.29, 1.82) is 0 Å². The lowest BCUT2D eigenvalue weighted by atomic mass is 10.1. The fourth-order valence-electron chi connectivity index (χ4n) is 2.84. The largest absolute Gasteiger partial charge is 0.490 e. The number of nitrogens with zero attached hydrogens (tertiary/aromatic N) is 4. The molecule has 1 saturated carbocycles. The second-order valence-corrected chi connectivity index (χ2v) is 6.99. The highest BCUT2D eigenvalue weighted by Crippen LogP contribution is 2.40. The highest BCUT2D eigenvalue weighted by atomic mass is 32.1. The molecule has 2 aromatic rings. The first-order valence-corrected chi connectivity index (χ1v) is 8.97. The van der Waals surface area contributed by atoms with Gasteiger partial charge in [0.25, 0.3) is 5.91 Å². The van der Waals surface area contributed by atoms with E-state index in [1.165, 1.54) is 24.4 Å². The van der Waals surface area contributed by atoms with Crippen LogP contribution in [0.15, 0.2) is 18.3 Å². The number of hydrogen-bond donors (Lipinski definition) is 1. The molecule has 4 rings (SSSR count). The summed E-state index contributed by atoms with van der Waals surface area (Å²) in [5, 5.41) is 1.02. The summed E-state index contributed by atoms with van der Waals surface area (Å²) in [4.78, 5) is 22.1. The number of carbonyl (C=O) groups excluding carboxylic acids is 1. The SMILES string of the molecule is NC(=O)c1cc(OC2CCN(c3nc(C4CC4)ns3)CC2)ccn1. The minimum Gasteiger partial charge on any atom is -0.490 e. The van der Waals surface area contributed by atoms with Crippen LogP contribution in [0.3, 0.4) is 0 Å². The van der Waals surface area contributed by atoms with Gasteiger partial charge >= 0.3 is 0 Å². The molecule has 1 aliphatic carbocycles. The fourth-order valence-corrected chi connectivity index (χ4v) is 3.64. The van der Waals surface area contributed by atoms with E-state index in [2.05, 4.69) is 19.2 Å². The van der Waals surface area contributed by atoms with Gasteiger partial charge in [0.05, 0.1) is 0 Å². The first kappa shape index (κ1) is 15.3. The topological polar surface area (TPSA) is 94.2 Å². The minimum atomic E-state index is -0.544. The molecular formula is C16H19N5O2S. The van der Waals surface area contributed by atoms with Gasteiger partial charge in [-0.3, -0.25) is 9.78 Å². The first-order valence-electron chi connectivity index (χ1n) is 8.20. The zero-order valence-electron chi connectivity index (χ0n) is 13.2. The van der Waals surface area contributed by atoms with Crippen molar-refractivity contribution in [2.24, 2.45) is 5.73 Å². The molecule has 2 N–H and O–H groups in total. The molecule has 2 aliphatic rings. The number of ether oxygens (including phenoxy) is 1. The summed E-state index contributed by atoms with van der Waals surface area (Å²) < 4.78 is 10.4. The molecule has 3 heterocycles. The molecule has 8 heteroatoms. The molecule has 1 amide bonds. The Morgan fingerprint density at radius 2 is 2.08 bits per heavy atom. The number of carbonyl (C=O) groups is 1. The standard InChI is InChI=1S/C16H19N5O2S/c17-14(22)13-9-12(3-6-18-13)23-11-4-7-21(8-5-11)16-19-15(20-24-16)10-1-2-10/h3,6,9-11H,1-2,4-5,7-8H2,(H2,17,22). The molecular weight excluding hydrogens is 326 g/mol. The summed E-state index contributed by atoms with van der Waals surface area (Å²) >= 11 is 1.50. The van der Waals surface area contributed by atoms with Crippen molar-refractivity contribution < 1.29 is 9.53 Å². The second kappa shape index (κ2) is 6.35. The summed E-state index contributed by atoms with van der Waals surface area (Å²) in [5.41, 5.74) is 5.48. The number of piperidine rings is 1. The van der Waals surface area contributed by atoms with E-state index in [4.69, 9.17) is 10.5 Å². The van der Waals surface area contributed by atoms with E-state index in [0.717, 1.165) is 36.9 Å². The first-order chi connectivity index (χ1) is 11.7. The van der Waals surface area contributed by atoms with Crippen LogP contribution in [0, 0.1) is 0 Å². The molecule has 0 radical (unpaired) electrons. The van der Waals surface area contributed by atoms with Crippen LogP contribution in [0.4, 0.5) is 5.13 Å². The van der Waals surface area contributed by atoms with Crippen molar-refractivity contribution in [3.8, 4) is 5.75 Å². The van der Waals surface area contributed by atoms with Crippen LogP contribution in [0.2, 0.25) is 0 Å². The maximum atomic E-state index is 11.2. The van der Waals surface area contributed by atoms with Crippen molar-refractivity contribution in [1.82, 2.24) is 14.3 Å². The van der Waals surface area contributed by atoms with Crippen molar-refractivity contribution in [2.45, 2.75) is 37.7 Å². The fraction of sp³-hybridized carbons (Fsp3) is 0.500. The molecule has 0 atom stereocenters. The van der Waals surface area contributed by atoms with Gasteiger partial charge < -0.3 is 15.4 Å². The number of amides is 1. The molecule has 0 aromatic carbocycles. The monoisotopic (exact) mass is 345 g/mol. The molecule has 0 unspecified atom stereocenters. The molecule has 0 spiro atoms. The number of aromatic nitrogens is 3. The number of nitrogens with two attached hydrogens (primary N) is 1. The van der Waals surface area contributed by atoms with Crippen LogP contribution in [0.5, 0.6) is 5.75 Å². The normalized spacial score (nSPS) is 18.6. The minimum absolute atomic E-state index is 0.125. The van der Waals surface area contributed by atoms with Crippen LogP contribution in [-0.4, -0.2) is 39.4 Å². The van der Waals surface area contributed by atoms with Crippen molar-refractivity contribution in [3.05, 3.63) is 29.8 Å². The summed E-state index contributed by atoms with van der Waals surface area (Å²) in [5.74, 6) is 1.72. The zero-order chi connectivity index (χ0) is 16.5. The van der Waals surface area contributed by atoms with Crippen LogP contribution in [0.1, 0.15) is 47.9 Å². The Kier molecular flexibility index (Phi) is 4.05. The molecule has 2 aromatic heterocycles. The van der Waals surface area contributed by atoms with Gasteiger partial charge in [-0.05, 0) is 18.9 Å². The molecule has 0 bridgehead atoms. The summed E-state index contributed by atoms with van der Waals surface area (Å²) in [6.07, 6.45) is 5.95. The van der Waals surface area contributed by atoms with Crippen LogP contribution in [0.25, 0.3) is 0 Å². The Bertz CT molecular complexity index is 738. The summed E-state index contributed by atoms with van der Waals surface area (Å²) in [7, 11) is 0. The molecule has 2 fully saturated rings. The Morgan fingerprint density at radius 3 is 2.79 bits per heavy atom. The number of rotatable bonds is 5. The Hall–Kier alpha value is -2.22. The summed E-state index contributed by atoms with van der Waals surface area (Å²) in [6.45, 7) is 1.80. The van der Waals surface area contributed by atoms with Gasteiger partial charge in [-0.1, -0.05) is 0 Å². The van der Waals surface area contributed by atoms with Crippen molar-refractivity contribution in [2.75, 3.05) is 18.0 Å². The average molecular weight is 345 g/mol. The van der Waals surface area contributed by atoms with Crippen molar-refractivity contribution in [3.63, 3.8) is 0 Å². The molecule has 24 heavy (non-hydrogen) atoms. The number of hydrogen-bond acceptors (Lipinski definition) is 7. The predicted molar refractivity (Wildman–Crippen MR) is 90.5 cm³/mol. The Morgan fingerprint density at radius 1 is 1.29 bits per heavy atom. The van der Waals surface area contributed by atoms with E-state index >= 15 is 0 Å². The van der Waals surface area contributed by atoms with Gasteiger partial charge in [0, 0.05) is 55.6 Å². The van der Waals surface area contributed by atoms with E-state index in [-0.39, 0.29) is 11.8 Å². The van der Waals surface area contributed by atoms with E-state index in [1.807, 2.05) is 0 Å². The van der Waals surface area contributed by atoms with E-state index in [0.29, 0.717) is 11.7 Å². The lowest BCUT2D eigenvalue weighted by molar-refractivity contribution is 0.0994. The molecule has 7 nitrogen and oxygen atoms in total. The van der Waals surface area contributed by atoms with E-state index < -0.39 is 5.91 Å². The summed E-state index contributed by atoms with van der Waals surface area (Å²) in [6, 6.07) is 3.35. The maximum absolute atomic E-state index is 11.2. The van der Waals surface area contributed by atoms with Gasteiger partial charge in [-0.25, -0.2) is 4.98 Å². The van der Waals surface area contributed by atoms with Crippen LogP contribution in [-0.2, 0) is 0 Å². The predicted octanol–water partition coefficient (Wildman–Crippen LogP) is 1.96. The second-order valence-electron chi connectivity index (χ2n) is 6.25. The number of primary amides is 1. The Balaban J connectivity index is 1.34. The van der Waals surface area contributed by atoms with Gasteiger partial charge in [0.2, 0.25) is 5.13 Å². The quantitative estimate of drug-likeness (QED) is 0.890. The smallest absolute Gasteiger partial charge is 0.267 e. The van der Waals surface area contributed by atoms with Gasteiger partial charge in [0.15, 0.2) is 0 Å². The van der Waals surface area contributed by atoms with Crippen LogP contribution < -0.4 is 15.4 Å². The molecule has 1 saturated heterocycles. The van der Waals surface area contributed by atoms with E-state index in [1.54, 1.807) is 18.3 Å². The molecule has 1 aliphatic heterocycles. The molecule has 126 valence electrons. The third-order valence-corrected chi connectivity index (χ3v) is 5.16. The van der Waals surface area contributed by atoms with Gasteiger partial charge in [-0.2, -0.15) is 4.37 Å². The highest BCUT2D eigenvalue weighted by Gasteiger charge is 2.29. The number of anilines is 1.